The van der Waals surface area contributed by atoms with Gasteiger partial charge in [0.05, 0.1) is 12.0 Å². The number of nitrogens with one attached hydrogen (secondary N) is 1. The number of nitriles is 1. The first-order valence-electron chi connectivity index (χ1n) is 5.60. The molecule has 2 rings (SSSR count). The highest BCUT2D eigenvalue weighted by molar-refractivity contribution is 5.81. The minimum Gasteiger partial charge on any atom is -0.359 e. The van der Waals surface area contributed by atoms with Crippen molar-refractivity contribution in [1.82, 2.24) is 4.98 Å². The topological polar surface area (TPSA) is 39.6 Å². The molecule has 2 nitrogen and oxygen atoms in total. The van der Waals surface area contributed by atoms with Gasteiger partial charge in [0.2, 0.25) is 0 Å². The number of aryl methyl sites for hydroxylation is 1. The molecule has 82 valence electrons. The number of fused-ring (bicyclic) bond motifs is 1. The Morgan fingerprint density at radius 1 is 1.25 bits per heavy atom. The van der Waals surface area contributed by atoms with Crippen molar-refractivity contribution in [2.45, 2.75) is 26.7 Å². The van der Waals surface area contributed by atoms with E-state index in [1.54, 1.807) is 0 Å². The third-order valence-electron chi connectivity index (χ3n) is 2.94. The van der Waals surface area contributed by atoms with Crippen molar-refractivity contribution in [2.24, 2.45) is 5.92 Å². The van der Waals surface area contributed by atoms with Gasteiger partial charge in [-0.1, -0.05) is 19.9 Å². The lowest BCUT2D eigenvalue weighted by atomic mass is 9.89. The third kappa shape index (κ3) is 1.81. The summed E-state index contributed by atoms with van der Waals surface area (Å²) in [6, 6.07) is 10.7. The van der Waals surface area contributed by atoms with Crippen molar-refractivity contribution in [3.8, 4) is 6.07 Å². The lowest BCUT2D eigenvalue weighted by molar-refractivity contribution is 0.588. The van der Waals surface area contributed by atoms with Gasteiger partial charge < -0.3 is 4.98 Å². The zero-order valence-electron chi connectivity index (χ0n) is 9.91. The summed E-state index contributed by atoms with van der Waals surface area (Å²) in [5.41, 5.74) is 3.41. The van der Waals surface area contributed by atoms with Gasteiger partial charge >= 0.3 is 0 Å². The number of benzene rings is 1. The van der Waals surface area contributed by atoms with Crippen LogP contribution in [0.2, 0.25) is 0 Å². The van der Waals surface area contributed by atoms with E-state index in [1.807, 2.05) is 13.0 Å². The fourth-order valence-electron chi connectivity index (χ4n) is 2.10. The summed E-state index contributed by atoms with van der Waals surface area (Å²) in [5, 5.41) is 10.4. The quantitative estimate of drug-likeness (QED) is 0.809. The predicted molar refractivity (Wildman–Crippen MR) is 66.2 cm³/mol. The Balaban J connectivity index is 2.50. The van der Waals surface area contributed by atoms with E-state index < -0.39 is 0 Å². The number of aromatic nitrogens is 1. The number of nitrogens with zero attached hydrogens (tertiary/aromatic N) is 1. The van der Waals surface area contributed by atoms with Gasteiger partial charge in [-0.2, -0.15) is 5.26 Å². The molecule has 0 amide bonds. The van der Waals surface area contributed by atoms with E-state index in [2.05, 4.69) is 43.1 Å². The number of H-pyrrole nitrogens is 1. The smallest absolute Gasteiger partial charge is 0.0735 e. The maximum atomic E-state index is 9.17. The molecule has 2 heteroatoms. The maximum Gasteiger partial charge on any atom is 0.0735 e. The molecule has 0 bridgehead atoms. The van der Waals surface area contributed by atoms with Gasteiger partial charge in [-0.05, 0) is 42.0 Å². The largest absolute Gasteiger partial charge is 0.359 e. The highest BCUT2D eigenvalue weighted by atomic mass is 14.7. The number of hydrogen-bond donors (Lipinski definition) is 1. The molecule has 0 saturated heterocycles. The lowest BCUT2D eigenvalue weighted by Crippen LogP contribution is -2.03. The minimum absolute atomic E-state index is 0.0143. The molecule has 0 aliphatic rings. The van der Waals surface area contributed by atoms with Crippen LogP contribution in [0.4, 0.5) is 0 Å². The second kappa shape index (κ2) is 4.02. The fourth-order valence-corrected chi connectivity index (χ4v) is 2.10. The van der Waals surface area contributed by atoms with Gasteiger partial charge in [-0.25, -0.2) is 0 Å². The van der Waals surface area contributed by atoms with Crippen LogP contribution in [0, 0.1) is 24.2 Å². The van der Waals surface area contributed by atoms with Gasteiger partial charge in [0.15, 0.2) is 0 Å². The molecule has 2 aromatic rings. The summed E-state index contributed by atoms with van der Waals surface area (Å²) in [4.78, 5) is 3.29. The number of aromatic amines is 1. The molecule has 1 aromatic heterocycles. The Labute approximate surface area is 95.9 Å². The molecule has 0 spiro atoms. The van der Waals surface area contributed by atoms with Crippen LogP contribution in [-0.4, -0.2) is 4.98 Å². The van der Waals surface area contributed by atoms with Gasteiger partial charge in [0.1, 0.15) is 0 Å². The Morgan fingerprint density at radius 2 is 2.00 bits per heavy atom. The zero-order chi connectivity index (χ0) is 11.7. The van der Waals surface area contributed by atoms with Crippen LogP contribution in [0.5, 0.6) is 0 Å². The van der Waals surface area contributed by atoms with Gasteiger partial charge in [0, 0.05) is 11.2 Å². The molecule has 0 aliphatic heterocycles. The average Bonchev–Trinajstić information content (AvgIpc) is 2.57. The van der Waals surface area contributed by atoms with Gasteiger partial charge in [0.25, 0.3) is 0 Å². The molecule has 1 heterocycles. The molecule has 1 unspecified atom stereocenters. The molecule has 0 aliphatic carbocycles. The first-order chi connectivity index (χ1) is 7.61. The summed E-state index contributed by atoms with van der Waals surface area (Å²) in [5.74, 6) is 0.335. The van der Waals surface area contributed by atoms with Crippen LogP contribution >= 0.6 is 0 Å². The highest BCUT2D eigenvalue weighted by Gasteiger charge is 2.15. The van der Waals surface area contributed by atoms with Crippen molar-refractivity contribution in [3.05, 3.63) is 35.5 Å². The Hall–Kier alpha value is -1.75. The van der Waals surface area contributed by atoms with E-state index in [4.69, 9.17) is 5.26 Å². The Morgan fingerprint density at radius 3 is 2.62 bits per heavy atom. The number of rotatable bonds is 2. The normalized spacial score (nSPS) is 12.9. The zero-order valence-corrected chi connectivity index (χ0v) is 9.91. The van der Waals surface area contributed by atoms with Crippen molar-refractivity contribution in [1.29, 1.82) is 5.26 Å². The molecule has 1 N–H and O–H groups in total. The molecule has 1 atom stereocenters. The second-order valence-corrected chi connectivity index (χ2v) is 4.65. The van der Waals surface area contributed by atoms with Crippen LogP contribution in [0.25, 0.3) is 10.9 Å². The van der Waals surface area contributed by atoms with E-state index >= 15 is 0 Å². The number of hydrogen-bond acceptors (Lipinski definition) is 1. The molecule has 0 radical (unpaired) electrons. The third-order valence-corrected chi connectivity index (χ3v) is 2.94. The Bertz CT molecular complexity index is 543. The molecule has 0 fully saturated rings. The average molecular weight is 212 g/mol. The summed E-state index contributed by atoms with van der Waals surface area (Å²) in [7, 11) is 0. The molecular formula is C14H16N2. The SMILES string of the molecule is Cc1cc2cc(C(C#N)C(C)C)ccc2[nH]1. The first kappa shape index (κ1) is 10.8. The molecule has 16 heavy (non-hydrogen) atoms. The highest BCUT2D eigenvalue weighted by Crippen LogP contribution is 2.26. The fraction of sp³-hybridized carbons (Fsp3) is 0.357. The van der Waals surface area contributed by atoms with Crippen LogP contribution in [0.3, 0.4) is 0 Å². The summed E-state index contributed by atoms with van der Waals surface area (Å²) in [6.07, 6.45) is 0. The van der Waals surface area contributed by atoms with E-state index in [0.717, 1.165) is 16.8 Å². The van der Waals surface area contributed by atoms with Crippen LogP contribution in [0.1, 0.15) is 31.0 Å². The van der Waals surface area contributed by atoms with Gasteiger partial charge in [-0.15, -0.1) is 0 Å². The summed E-state index contributed by atoms with van der Waals surface area (Å²) < 4.78 is 0. The van der Waals surface area contributed by atoms with Crippen LogP contribution < -0.4 is 0 Å². The standard InChI is InChI=1S/C14H16N2/c1-9(2)13(8-15)11-4-5-14-12(7-11)6-10(3)16-14/h4-7,9,13,16H,1-3H3. The molecular weight excluding hydrogens is 196 g/mol. The van der Waals surface area contributed by atoms with Crippen molar-refractivity contribution in [2.75, 3.05) is 0 Å². The van der Waals surface area contributed by atoms with Crippen molar-refractivity contribution in [3.63, 3.8) is 0 Å². The van der Waals surface area contributed by atoms with E-state index in [1.165, 1.54) is 5.39 Å². The van der Waals surface area contributed by atoms with Crippen molar-refractivity contribution >= 4 is 10.9 Å². The lowest BCUT2D eigenvalue weighted by Gasteiger charge is -2.13. The molecule has 0 saturated carbocycles. The Kier molecular flexibility index (Phi) is 2.70. The van der Waals surface area contributed by atoms with Crippen LogP contribution in [0.15, 0.2) is 24.3 Å². The first-order valence-corrected chi connectivity index (χ1v) is 5.60. The summed E-state index contributed by atoms with van der Waals surface area (Å²) in [6.45, 7) is 6.21. The van der Waals surface area contributed by atoms with Gasteiger partial charge in [-0.3, -0.25) is 0 Å². The van der Waals surface area contributed by atoms with Crippen LogP contribution in [-0.2, 0) is 0 Å². The summed E-state index contributed by atoms with van der Waals surface area (Å²) >= 11 is 0. The van der Waals surface area contributed by atoms with E-state index in [0.29, 0.717) is 5.92 Å². The minimum atomic E-state index is -0.0143. The maximum absolute atomic E-state index is 9.17. The van der Waals surface area contributed by atoms with Crippen molar-refractivity contribution < 1.29 is 0 Å². The monoisotopic (exact) mass is 212 g/mol. The van der Waals surface area contributed by atoms with E-state index in [9.17, 15) is 0 Å². The predicted octanol–water partition coefficient (Wildman–Crippen LogP) is 3.74. The molecule has 1 aromatic carbocycles. The second-order valence-electron chi connectivity index (χ2n) is 4.65. The van der Waals surface area contributed by atoms with E-state index in [-0.39, 0.29) is 5.92 Å².